The van der Waals surface area contributed by atoms with Gasteiger partial charge >= 0.3 is 0 Å². The molecule has 0 saturated carbocycles. The summed E-state index contributed by atoms with van der Waals surface area (Å²) in [6, 6.07) is 1.98. The molecule has 1 aliphatic heterocycles. The molecule has 0 aliphatic carbocycles. The molecule has 0 radical (unpaired) electrons. The molecule has 1 aromatic heterocycles. The van der Waals surface area contributed by atoms with Crippen LogP contribution in [-0.2, 0) is 16.0 Å². The SMILES string of the molecule is CNC1COCC1C(=O)Cc1ccoc1. The number of ether oxygens (including phenoxy) is 1. The first-order chi connectivity index (χ1) is 7.31. The number of carbonyl (C=O) groups is 1. The fourth-order valence-corrected chi connectivity index (χ4v) is 1.88. The molecular weight excluding hydrogens is 194 g/mol. The predicted molar refractivity (Wildman–Crippen MR) is 54.6 cm³/mol. The Hall–Kier alpha value is -1.13. The minimum absolute atomic E-state index is 0.0232. The third kappa shape index (κ3) is 2.27. The van der Waals surface area contributed by atoms with E-state index in [2.05, 4.69) is 5.32 Å². The largest absolute Gasteiger partial charge is 0.472 e. The molecule has 1 saturated heterocycles. The van der Waals surface area contributed by atoms with Gasteiger partial charge in [0, 0.05) is 12.5 Å². The van der Waals surface area contributed by atoms with Gasteiger partial charge in [0.2, 0.25) is 0 Å². The highest BCUT2D eigenvalue weighted by Crippen LogP contribution is 2.17. The number of rotatable bonds is 4. The van der Waals surface area contributed by atoms with Gasteiger partial charge in [0.1, 0.15) is 5.78 Å². The third-order valence-corrected chi connectivity index (χ3v) is 2.82. The summed E-state index contributed by atoms with van der Waals surface area (Å²) >= 11 is 0. The first kappa shape index (κ1) is 10.4. The van der Waals surface area contributed by atoms with Crippen molar-refractivity contribution in [1.29, 1.82) is 0 Å². The lowest BCUT2D eigenvalue weighted by Gasteiger charge is -2.14. The van der Waals surface area contributed by atoms with Crippen molar-refractivity contribution >= 4 is 5.78 Å². The van der Waals surface area contributed by atoms with Crippen molar-refractivity contribution in [3.63, 3.8) is 0 Å². The zero-order valence-electron chi connectivity index (χ0n) is 8.73. The van der Waals surface area contributed by atoms with Crippen LogP contribution in [0.5, 0.6) is 0 Å². The molecule has 1 aromatic rings. The quantitative estimate of drug-likeness (QED) is 0.790. The average Bonchev–Trinajstić information content (AvgIpc) is 2.86. The molecule has 82 valence electrons. The van der Waals surface area contributed by atoms with E-state index >= 15 is 0 Å². The molecule has 1 aliphatic rings. The molecule has 4 heteroatoms. The Kier molecular flexibility index (Phi) is 3.18. The summed E-state index contributed by atoms with van der Waals surface area (Å²) in [6.07, 6.45) is 3.63. The normalized spacial score (nSPS) is 25.7. The number of ketones is 1. The van der Waals surface area contributed by atoms with Crippen LogP contribution in [0, 0.1) is 5.92 Å². The van der Waals surface area contributed by atoms with Crippen LogP contribution in [0.25, 0.3) is 0 Å². The molecule has 1 N–H and O–H groups in total. The Morgan fingerprint density at radius 3 is 3.13 bits per heavy atom. The van der Waals surface area contributed by atoms with Crippen molar-refractivity contribution in [3.05, 3.63) is 24.2 Å². The lowest BCUT2D eigenvalue weighted by Crippen LogP contribution is -2.37. The molecule has 2 heterocycles. The molecule has 0 amide bonds. The van der Waals surface area contributed by atoms with E-state index in [4.69, 9.17) is 9.15 Å². The number of furan rings is 1. The van der Waals surface area contributed by atoms with E-state index in [1.807, 2.05) is 13.1 Å². The Labute approximate surface area is 88.6 Å². The molecule has 0 aromatic carbocycles. The van der Waals surface area contributed by atoms with Gasteiger partial charge in [0.15, 0.2) is 0 Å². The smallest absolute Gasteiger partial charge is 0.144 e. The zero-order chi connectivity index (χ0) is 10.7. The molecule has 1 fully saturated rings. The lowest BCUT2D eigenvalue weighted by molar-refractivity contribution is -0.122. The molecule has 4 nitrogen and oxygen atoms in total. The second-order valence-electron chi connectivity index (χ2n) is 3.81. The standard InChI is InChI=1S/C11H15NO3/c1-12-10-7-15-6-9(10)11(13)4-8-2-3-14-5-8/h2-3,5,9-10,12H,4,6-7H2,1H3. The molecule has 0 bridgehead atoms. The molecule has 2 rings (SSSR count). The van der Waals surface area contributed by atoms with Crippen molar-refractivity contribution in [1.82, 2.24) is 5.32 Å². The van der Waals surface area contributed by atoms with Crippen LogP contribution < -0.4 is 5.32 Å². The van der Waals surface area contributed by atoms with Crippen LogP contribution in [0.15, 0.2) is 23.0 Å². The van der Waals surface area contributed by atoms with E-state index in [0.717, 1.165) is 5.56 Å². The van der Waals surface area contributed by atoms with Crippen molar-refractivity contribution in [2.24, 2.45) is 5.92 Å². The van der Waals surface area contributed by atoms with E-state index in [-0.39, 0.29) is 17.7 Å². The van der Waals surface area contributed by atoms with Gasteiger partial charge in [-0.2, -0.15) is 0 Å². The van der Waals surface area contributed by atoms with Crippen LogP contribution in [0.4, 0.5) is 0 Å². The van der Waals surface area contributed by atoms with Crippen molar-refractivity contribution < 1.29 is 13.9 Å². The summed E-state index contributed by atoms with van der Waals surface area (Å²) in [5, 5.41) is 3.11. The van der Waals surface area contributed by atoms with E-state index in [1.54, 1.807) is 12.5 Å². The number of Topliss-reactive ketones (excluding diaryl/α,β-unsaturated/α-hetero) is 1. The lowest BCUT2D eigenvalue weighted by atomic mass is 9.95. The van der Waals surface area contributed by atoms with Crippen molar-refractivity contribution in [3.8, 4) is 0 Å². The topological polar surface area (TPSA) is 51.5 Å². The van der Waals surface area contributed by atoms with Gasteiger partial charge in [-0.05, 0) is 18.7 Å². The molecular formula is C11H15NO3. The van der Waals surface area contributed by atoms with Crippen LogP contribution >= 0.6 is 0 Å². The Morgan fingerprint density at radius 2 is 2.47 bits per heavy atom. The summed E-state index contributed by atoms with van der Waals surface area (Å²) < 4.78 is 10.2. The molecule has 0 spiro atoms. The molecule has 2 atom stereocenters. The Balaban J connectivity index is 1.96. The highest BCUT2D eigenvalue weighted by molar-refractivity contribution is 5.84. The van der Waals surface area contributed by atoms with Crippen LogP contribution in [0.3, 0.4) is 0 Å². The number of likely N-dealkylation sites (N-methyl/N-ethyl adjacent to an activating group) is 1. The van der Waals surface area contributed by atoms with E-state index in [0.29, 0.717) is 19.6 Å². The minimum Gasteiger partial charge on any atom is -0.472 e. The van der Waals surface area contributed by atoms with E-state index in [1.165, 1.54) is 0 Å². The predicted octanol–water partition coefficient (Wildman–Crippen LogP) is 0.626. The van der Waals surface area contributed by atoms with Crippen molar-refractivity contribution in [2.45, 2.75) is 12.5 Å². The van der Waals surface area contributed by atoms with Gasteiger partial charge < -0.3 is 14.5 Å². The summed E-state index contributed by atoms with van der Waals surface area (Å²) in [6.45, 7) is 1.15. The summed E-state index contributed by atoms with van der Waals surface area (Å²) in [5.41, 5.74) is 0.932. The second kappa shape index (κ2) is 4.59. The maximum Gasteiger partial charge on any atom is 0.144 e. The van der Waals surface area contributed by atoms with E-state index in [9.17, 15) is 4.79 Å². The third-order valence-electron chi connectivity index (χ3n) is 2.82. The number of hydrogen-bond donors (Lipinski definition) is 1. The second-order valence-corrected chi connectivity index (χ2v) is 3.81. The molecule has 15 heavy (non-hydrogen) atoms. The number of nitrogens with one attached hydrogen (secondary N) is 1. The zero-order valence-corrected chi connectivity index (χ0v) is 8.73. The maximum atomic E-state index is 11.9. The van der Waals surface area contributed by atoms with Gasteiger partial charge in [0.05, 0.1) is 31.7 Å². The van der Waals surface area contributed by atoms with Crippen LogP contribution in [-0.4, -0.2) is 32.1 Å². The van der Waals surface area contributed by atoms with Crippen molar-refractivity contribution in [2.75, 3.05) is 20.3 Å². The van der Waals surface area contributed by atoms with Gasteiger partial charge in [0.25, 0.3) is 0 Å². The van der Waals surface area contributed by atoms with Gasteiger partial charge in [-0.15, -0.1) is 0 Å². The van der Waals surface area contributed by atoms with Gasteiger partial charge in [-0.3, -0.25) is 4.79 Å². The fourth-order valence-electron chi connectivity index (χ4n) is 1.88. The average molecular weight is 209 g/mol. The first-order valence-electron chi connectivity index (χ1n) is 5.10. The number of hydrogen-bond acceptors (Lipinski definition) is 4. The summed E-state index contributed by atoms with van der Waals surface area (Å²) in [5.74, 6) is 0.193. The van der Waals surface area contributed by atoms with Gasteiger partial charge in [-0.1, -0.05) is 0 Å². The van der Waals surface area contributed by atoms with E-state index < -0.39 is 0 Å². The maximum absolute atomic E-state index is 11.9. The number of carbonyl (C=O) groups excluding carboxylic acids is 1. The fraction of sp³-hybridized carbons (Fsp3) is 0.545. The van der Waals surface area contributed by atoms with Crippen LogP contribution in [0.2, 0.25) is 0 Å². The monoisotopic (exact) mass is 209 g/mol. The van der Waals surface area contributed by atoms with Crippen LogP contribution in [0.1, 0.15) is 5.56 Å². The summed E-state index contributed by atoms with van der Waals surface area (Å²) in [7, 11) is 1.86. The summed E-state index contributed by atoms with van der Waals surface area (Å²) in [4.78, 5) is 11.9. The van der Waals surface area contributed by atoms with Gasteiger partial charge in [-0.25, -0.2) is 0 Å². The highest BCUT2D eigenvalue weighted by atomic mass is 16.5. The highest BCUT2D eigenvalue weighted by Gasteiger charge is 2.32. The Morgan fingerprint density at radius 1 is 1.60 bits per heavy atom. The molecule has 2 unspecified atom stereocenters. The first-order valence-corrected chi connectivity index (χ1v) is 5.10. The Bertz CT molecular complexity index is 321. The minimum atomic E-state index is -0.0232.